The van der Waals surface area contributed by atoms with Gasteiger partial charge in [0.05, 0.1) is 11.4 Å². The van der Waals surface area contributed by atoms with Crippen LogP contribution in [0.25, 0.3) is 0 Å². The Hall–Kier alpha value is -3.24. The van der Waals surface area contributed by atoms with Crippen LogP contribution in [-0.4, -0.2) is 38.7 Å². The summed E-state index contributed by atoms with van der Waals surface area (Å²) >= 11 is 0. The molecule has 0 aliphatic heterocycles. The van der Waals surface area contributed by atoms with E-state index in [4.69, 9.17) is 5.73 Å². The van der Waals surface area contributed by atoms with Gasteiger partial charge in [-0.05, 0) is 49.7 Å². The average molecular weight is 433 g/mol. The molecular formula is C20H24N4O5S. The number of amides is 3. The number of carbonyl (C=O) groups is 3. The number of rotatable bonds is 9. The van der Waals surface area contributed by atoms with E-state index in [9.17, 15) is 22.8 Å². The van der Waals surface area contributed by atoms with E-state index in [0.29, 0.717) is 5.56 Å². The molecular weight excluding hydrogens is 408 g/mol. The Kier molecular flexibility index (Phi) is 7.67. The van der Waals surface area contributed by atoms with Crippen LogP contribution in [-0.2, 0) is 21.4 Å². The molecule has 2 aromatic rings. The third-order valence-electron chi connectivity index (χ3n) is 3.89. The highest BCUT2D eigenvalue weighted by atomic mass is 32.2. The molecule has 0 saturated carbocycles. The lowest BCUT2D eigenvalue weighted by molar-refractivity contribution is -0.117. The number of nitrogens with one attached hydrogen (secondary N) is 3. The second-order valence-corrected chi connectivity index (χ2v) is 8.55. The van der Waals surface area contributed by atoms with Gasteiger partial charge in [-0.1, -0.05) is 18.2 Å². The fraction of sp³-hybridized carbons (Fsp3) is 0.250. The number of benzene rings is 2. The number of sulfonamides is 1. The van der Waals surface area contributed by atoms with Crippen molar-refractivity contribution in [2.75, 3.05) is 6.54 Å². The van der Waals surface area contributed by atoms with Crippen LogP contribution in [0.15, 0.2) is 53.4 Å². The van der Waals surface area contributed by atoms with Gasteiger partial charge in [-0.15, -0.1) is 0 Å². The van der Waals surface area contributed by atoms with Crippen molar-refractivity contribution in [1.82, 2.24) is 15.4 Å². The summed E-state index contributed by atoms with van der Waals surface area (Å²) in [7, 11) is -3.70. The van der Waals surface area contributed by atoms with Crippen LogP contribution in [0.5, 0.6) is 0 Å². The van der Waals surface area contributed by atoms with Crippen LogP contribution in [0.3, 0.4) is 0 Å². The molecule has 0 spiro atoms. The minimum absolute atomic E-state index is 0.00942. The van der Waals surface area contributed by atoms with Crippen LogP contribution >= 0.6 is 0 Å². The van der Waals surface area contributed by atoms with Crippen molar-refractivity contribution in [1.29, 1.82) is 0 Å². The fourth-order valence-corrected chi connectivity index (χ4v) is 3.81. The monoisotopic (exact) mass is 432 g/mol. The number of hydrogen-bond donors (Lipinski definition) is 4. The van der Waals surface area contributed by atoms with E-state index in [1.807, 2.05) is 0 Å². The molecule has 0 aromatic heterocycles. The summed E-state index contributed by atoms with van der Waals surface area (Å²) < 4.78 is 27.0. The van der Waals surface area contributed by atoms with Crippen LogP contribution in [0.1, 0.15) is 40.1 Å². The maximum Gasteiger partial charge on any atom is 0.251 e. The van der Waals surface area contributed by atoms with Gasteiger partial charge in [0.1, 0.15) is 0 Å². The van der Waals surface area contributed by atoms with Crippen molar-refractivity contribution in [3.05, 3.63) is 65.2 Å². The Labute approximate surface area is 175 Å². The number of primary amides is 1. The first kappa shape index (κ1) is 23.0. The lowest BCUT2D eigenvalue weighted by Gasteiger charge is -2.11. The van der Waals surface area contributed by atoms with Gasteiger partial charge < -0.3 is 16.4 Å². The zero-order chi connectivity index (χ0) is 22.3. The smallest absolute Gasteiger partial charge is 0.251 e. The Morgan fingerprint density at radius 3 is 2.17 bits per heavy atom. The van der Waals surface area contributed by atoms with E-state index < -0.39 is 27.7 Å². The highest BCUT2D eigenvalue weighted by Crippen LogP contribution is 2.12. The van der Waals surface area contributed by atoms with Crippen molar-refractivity contribution in [2.24, 2.45) is 5.73 Å². The van der Waals surface area contributed by atoms with Crippen molar-refractivity contribution in [3.8, 4) is 0 Å². The van der Waals surface area contributed by atoms with Gasteiger partial charge in [-0.2, -0.15) is 0 Å². The molecule has 5 N–H and O–H groups in total. The summed E-state index contributed by atoms with van der Waals surface area (Å²) in [5.41, 5.74) is 6.28. The largest absolute Gasteiger partial charge is 0.368 e. The van der Waals surface area contributed by atoms with E-state index in [2.05, 4.69) is 15.4 Å². The fourth-order valence-electron chi connectivity index (χ4n) is 2.51. The summed E-state index contributed by atoms with van der Waals surface area (Å²) in [5, 5.41) is 5.09. The van der Waals surface area contributed by atoms with E-state index in [1.54, 1.807) is 38.1 Å². The Balaban J connectivity index is 2.00. The first-order valence-corrected chi connectivity index (χ1v) is 10.6. The molecule has 0 radical (unpaired) electrons. The molecule has 2 aromatic carbocycles. The van der Waals surface area contributed by atoms with Gasteiger partial charge >= 0.3 is 0 Å². The van der Waals surface area contributed by atoms with Gasteiger partial charge in [0.15, 0.2) is 0 Å². The summed E-state index contributed by atoms with van der Waals surface area (Å²) in [5.74, 6) is -1.50. The van der Waals surface area contributed by atoms with Gasteiger partial charge in [-0.25, -0.2) is 13.1 Å². The van der Waals surface area contributed by atoms with E-state index in [-0.39, 0.29) is 29.6 Å². The van der Waals surface area contributed by atoms with Gasteiger partial charge in [0.25, 0.3) is 11.8 Å². The predicted octanol–water partition coefficient (Wildman–Crippen LogP) is 0.518. The van der Waals surface area contributed by atoms with Crippen molar-refractivity contribution >= 4 is 27.7 Å². The summed E-state index contributed by atoms with van der Waals surface area (Å²) in [6, 6.07) is 11.9. The normalized spacial score (nSPS) is 11.2. The maximum atomic E-state index is 12.4. The molecule has 0 unspecified atom stereocenters. The van der Waals surface area contributed by atoms with Crippen LogP contribution in [0.2, 0.25) is 0 Å². The van der Waals surface area contributed by atoms with E-state index in [1.165, 1.54) is 24.3 Å². The van der Waals surface area contributed by atoms with Crippen molar-refractivity contribution < 1.29 is 22.8 Å². The van der Waals surface area contributed by atoms with Crippen LogP contribution in [0.4, 0.5) is 0 Å². The van der Waals surface area contributed by atoms with Gasteiger partial charge in [0.2, 0.25) is 15.9 Å². The lowest BCUT2D eigenvalue weighted by Crippen LogP contribution is -2.33. The molecule has 0 heterocycles. The minimum atomic E-state index is -3.70. The standard InChI is InChI=1S/C20H24N4O5S/c1-13(2)24-30(28,29)17-5-3-4-16(10-17)20(27)22-11-14-6-8-15(9-7-14)19(26)23-12-18(21)25/h3-10,13,24H,11-12H2,1-2H3,(H2,21,25)(H,22,27)(H,23,26). The first-order chi connectivity index (χ1) is 14.1. The Bertz CT molecular complexity index is 1030. The van der Waals surface area contributed by atoms with E-state index >= 15 is 0 Å². The molecule has 0 fully saturated rings. The molecule has 3 amide bonds. The zero-order valence-corrected chi connectivity index (χ0v) is 17.5. The van der Waals surface area contributed by atoms with Crippen LogP contribution in [0, 0.1) is 0 Å². The molecule has 160 valence electrons. The maximum absolute atomic E-state index is 12.4. The predicted molar refractivity (Wildman–Crippen MR) is 111 cm³/mol. The van der Waals surface area contributed by atoms with Crippen LogP contribution < -0.4 is 21.1 Å². The second kappa shape index (κ2) is 9.99. The molecule has 10 heteroatoms. The molecule has 0 aliphatic rings. The zero-order valence-electron chi connectivity index (χ0n) is 16.6. The van der Waals surface area contributed by atoms with Crippen molar-refractivity contribution in [3.63, 3.8) is 0 Å². The molecule has 0 atom stereocenters. The quantitative estimate of drug-likeness (QED) is 0.456. The summed E-state index contributed by atoms with van der Waals surface area (Å²) in [4.78, 5) is 35.0. The molecule has 0 aliphatic carbocycles. The summed E-state index contributed by atoms with van der Waals surface area (Å²) in [6.07, 6.45) is 0. The van der Waals surface area contributed by atoms with Crippen molar-refractivity contribution in [2.45, 2.75) is 31.3 Å². The highest BCUT2D eigenvalue weighted by Gasteiger charge is 2.17. The molecule has 0 bridgehead atoms. The van der Waals surface area contributed by atoms with Gasteiger partial charge in [-0.3, -0.25) is 14.4 Å². The molecule has 30 heavy (non-hydrogen) atoms. The van der Waals surface area contributed by atoms with E-state index in [0.717, 1.165) is 5.56 Å². The number of hydrogen-bond acceptors (Lipinski definition) is 5. The third-order valence-corrected chi connectivity index (χ3v) is 5.55. The molecule has 2 rings (SSSR count). The number of nitrogens with two attached hydrogens (primary N) is 1. The lowest BCUT2D eigenvalue weighted by atomic mass is 10.1. The second-order valence-electron chi connectivity index (χ2n) is 6.83. The molecule has 0 saturated heterocycles. The molecule has 9 nitrogen and oxygen atoms in total. The third kappa shape index (κ3) is 6.68. The minimum Gasteiger partial charge on any atom is -0.368 e. The number of carbonyl (C=O) groups excluding carboxylic acids is 3. The SMILES string of the molecule is CC(C)NS(=O)(=O)c1cccc(C(=O)NCc2ccc(C(=O)NCC(N)=O)cc2)c1. The Morgan fingerprint density at radius 1 is 0.933 bits per heavy atom. The highest BCUT2D eigenvalue weighted by molar-refractivity contribution is 7.89. The average Bonchev–Trinajstić information content (AvgIpc) is 2.69. The van der Waals surface area contributed by atoms with Gasteiger partial charge in [0, 0.05) is 23.7 Å². The topological polar surface area (TPSA) is 147 Å². The first-order valence-electron chi connectivity index (χ1n) is 9.14. The summed E-state index contributed by atoms with van der Waals surface area (Å²) in [6.45, 7) is 3.35. The Morgan fingerprint density at radius 2 is 1.57 bits per heavy atom.